The van der Waals surface area contributed by atoms with Gasteiger partial charge in [-0.3, -0.25) is 5.43 Å². The molecule has 7 nitrogen and oxygen atoms in total. The standard InChI is InChI=1S/C12H15N5O2/c1-4-19-11(18)10(6-13)7-14-17-12-15-8(2)5-9(3)16-12/h5,7,14H,4H2,1-3H3,(H,15,16,17). The van der Waals surface area contributed by atoms with Crippen LogP contribution in [0, 0.1) is 25.2 Å². The summed E-state index contributed by atoms with van der Waals surface area (Å²) in [5, 5.41) is 8.79. The van der Waals surface area contributed by atoms with Gasteiger partial charge in [-0.05, 0) is 26.8 Å². The number of nitrogens with one attached hydrogen (secondary N) is 2. The molecule has 19 heavy (non-hydrogen) atoms. The quantitative estimate of drug-likeness (QED) is 0.352. The normalized spacial score (nSPS) is 10.5. The minimum Gasteiger partial charge on any atom is -0.462 e. The van der Waals surface area contributed by atoms with Crippen molar-refractivity contribution in [1.82, 2.24) is 15.4 Å². The fourth-order valence-electron chi connectivity index (χ4n) is 1.30. The fourth-order valence-corrected chi connectivity index (χ4v) is 1.30. The molecule has 1 aromatic rings. The minimum absolute atomic E-state index is 0.140. The van der Waals surface area contributed by atoms with Crippen LogP contribution in [0.1, 0.15) is 18.3 Å². The van der Waals surface area contributed by atoms with Crippen molar-refractivity contribution in [2.75, 3.05) is 12.0 Å². The molecule has 0 fully saturated rings. The van der Waals surface area contributed by atoms with Crippen LogP contribution in [0.3, 0.4) is 0 Å². The summed E-state index contributed by atoms with van der Waals surface area (Å²) in [6.07, 6.45) is 1.21. The molecule has 0 aromatic carbocycles. The van der Waals surface area contributed by atoms with E-state index in [4.69, 9.17) is 10.00 Å². The molecule has 0 aliphatic rings. The second-order valence-electron chi connectivity index (χ2n) is 3.63. The Balaban J connectivity index is 2.65. The first-order valence-electron chi connectivity index (χ1n) is 5.68. The maximum atomic E-state index is 11.3. The Morgan fingerprint density at radius 3 is 2.63 bits per heavy atom. The van der Waals surface area contributed by atoms with E-state index < -0.39 is 5.97 Å². The zero-order chi connectivity index (χ0) is 14.3. The topological polar surface area (TPSA) is 99.9 Å². The SMILES string of the molecule is CCOC(=O)C(C#N)=CNNc1nc(C)cc(C)n1. The van der Waals surface area contributed by atoms with Gasteiger partial charge in [-0.25, -0.2) is 14.8 Å². The third kappa shape index (κ3) is 4.63. The number of carbonyl (C=O) groups is 1. The smallest absolute Gasteiger partial charge is 0.350 e. The molecule has 0 spiro atoms. The van der Waals surface area contributed by atoms with Gasteiger partial charge in [0, 0.05) is 17.6 Å². The molecule has 0 saturated carbocycles. The summed E-state index contributed by atoms with van der Waals surface area (Å²) in [6, 6.07) is 3.57. The lowest BCUT2D eigenvalue weighted by Crippen LogP contribution is -2.20. The molecule has 7 heteroatoms. The summed E-state index contributed by atoms with van der Waals surface area (Å²) in [7, 11) is 0. The largest absolute Gasteiger partial charge is 0.462 e. The van der Waals surface area contributed by atoms with Crippen LogP contribution in [-0.4, -0.2) is 22.5 Å². The molecule has 1 rings (SSSR count). The first-order chi connectivity index (χ1) is 9.06. The van der Waals surface area contributed by atoms with Crippen molar-refractivity contribution in [1.29, 1.82) is 5.26 Å². The average molecular weight is 261 g/mol. The molecule has 1 heterocycles. The van der Waals surface area contributed by atoms with E-state index in [9.17, 15) is 4.79 Å². The lowest BCUT2D eigenvalue weighted by atomic mass is 10.3. The average Bonchev–Trinajstić information content (AvgIpc) is 2.33. The van der Waals surface area contributed by atoms with Gasteiger partial charge in [0.2, 0.25) is 5.95 Å². The number of carbonyl (C=O) groups excluding carboxylic acids is 1. The number of nitrogens with zero attached hydrogens (tertiary/aromatic N) is 3. The Kier molecular flexibility index (Phi) is 5.29. The predicted octanol–water partition coefficient (Wildman–Crippen LogP) is 0.981. The van der Waals surface area contributed by atoms with E-state index in [0.29, 0.717) is 5.95 Å². The summed E-state index contributed by atoms with van der Waals surface area (Å²) < 4.78 is 4.71. The number of nitriles is 1. The number of aromatic nitrogens is 2. The molecule has 1 aromatic heterocycles. The van der Waals surface area contributed by atoms with Gasteiger partial charge in [-0.15, -0.1) is 0 Å². The maximum Gasteiger partial charge on any atom is 0.350 e. The lowest BCUT2D eigenvalue weighted by Gasteiger charge is -2.06. The van der Waals surface area contributed by atoms with Crippen molar-refractivity contribution >= 4 is 11.9 Å². The molecule has 0 saturated heterocycles. The summed E-state index contributed by atoms with van der Waals surface area (Å²) in [5.41, 5.74) is 6.75. The van der Waals surface area contributed by atoms with Crippen molar-refractivity contribution in [3.05, 3.63) is 29.2 Å². The van der Waals surface area contributed by atoms with E-state index in [-0.39, 0.29) is 12.2 Å². The second kappa shape index (κ2) is 6.96. The van der Waals surface area contributed by atoms with Crippen molar-refractivity contribution in [3.8, 4) is 6.07 Å². The Labute approximate surface area is 111 Å². The molecule has 0 atom stereocenters. The number of hydrogen-bond donors (Lipinski definition) is 2. The van der Waals surface area contributed by atoms with Crippen molar-refractivity contribution in [2.45, 2.75) is 20.8 Å². The highest BCUT2D eigenvalue weighted by atomic mass is 16.5. The zero-order valence-electron chi connectivity index (χ0n) is 11.0. The summed E-state index contributed by atoms with van der Waals surface area (Å²) in [4.78, 5) is 19.6. The Morgan fingerprint density at radius 1 is 1.47 bits per heavy atom. The van der Waals surface area contributed by atoms with Crippen LogP contribution in [-0.2, 0) is 9.53 Å². The van der Waals surface area contributed by atoms with Crippen LogP contribution in [0.2, 0.25) is 0 Å². The van der Waals surface area contributed by atoms with Crippen LogP contribution in [0.5, 0.6) is 0 Å². The molecule has 0 amide bonds. The van der Waals surface area contributed by atoms with Crippen LogP contribution < -0.4 is 10.9 Å². The highest BCUT2D eigenvalue weighted by Gasteiger charge is 2.08. The Bertz CT molecular complexity index is 513. The monoisotopic (exact) mass is 261 g/mol. The molecular weight excluding hydrogens is 246 g/mol. The van der Waals surface area contributed by atoms with Gasteiger partial charge in [-0.1, -0.05) is 0 Å². The summed E-state index contributed by atoms with van der Waals surface area (Å²) in [6.45, 7) is 5.57. The Morgan fingerprint density at radius 2 is 2.11 bits per heavy atom. The zero-order valence-corrected chi connectivity index (χ0v) is 11.0. The van der Waals surface area contributed by atoms with Gasteiger partial charge >= 0.3 is 5.97 Å². The van der Waals surface area contributed by atoms with Gasteiger partial charge < -0.3 is 10.2 Å². The van der Waals surface area contributed by atoms with Crippen molar-refractivity contribution in [2.24, 2.45) is 0 Å². The van der Waals surface area contributed by atoms with Crippen LogP contribution in [0.25, 0.3) is 0 Å². The van der Waals surface area contributed by atoms with Gasteiger partial charge in [0.15, 0.2) is 5.57 Å². The molecular formula is C12H15N5O2. The molecule has 2 N–H and O–H groups in total. The Hall–Kier alpha value is -2.62. The van der Waals surface area contributed by atoms with Crippen LogP contribution in [0.15, 0.2) is 17.8 Å². The van der Waals surface area contributed by atoms with Crippen molar-refractivity contribution in [3.63, 3.8) is 0 Å². The lowest BCUT2D eigenvalue weighted by molar-refractivity contribution is -0.138. The number of hydrogen-bond acceptors (Lipinski definition) is 7. The number of ether oxygens (including phenoxy) is 1. The highest BCUT2D eigenvalue weighted by Crippen LogP contribution is 2.02. The summed E-state index contributed by atoms with van der Waals surface area (Å²) in [5.74, 6) is -0.324. The third-order valence-electron chi connectivity index (χ3n) is 2.00. The van der Waals surface area contributed by atoms with Crippen LogP contribution in [0.4, 0.5) is 5.95 Å². The number of aryl methyl sites for hydroxylation is 2. The van der Waals surface area contributed by atoms with Crippen LogP contribution >= 0.6 is 0 Å². The fraction of sp³-hybridized carbons (Fsp3) is 0.333. The number of esters is 1. The molecule has 0 bridgehead atoms. The van der Waals surface area contributed by atoms with E-state index in [2.05, 4.69) is 20.8 Å². The molecule has 0 radical (unpaired) electrons. The second-order valence-corrected chi connectivity index (χ2v) is 3.63. The third-order valence-corrected chi connectivity index (χ3v) is 2.00. The van der Waals surface area contributed by atoms with Gasteiger partial charge in [0.1, 0.15) is 6.07 Å². The number of rotatable bonds is 5. The first kappa shape index (κ1) is 14.4. The summed E-state index contributed by atoms with van der Waals surface area (Å²) >= 11 is 0. The predicted molar refractivity (Wildman–Crippen MR) is 68.6 cm³/mol. The van der Waals surface area contributed by atoms with E-state index in [1.807, 2.05) is 19.9 Å². The maximum absolute atomic E-state index is 11.3. The van der Waals surface area contributed by atoms with Gasteiger partial charge in [0.25, 0.3) is 0 Å². The molecule has 100 valence electrons. The van der Waals surface area contributed by atoms with E-state index in [0.717, 1.165) is 11.4 Å². The first-order valence-corrected chi connectivity index (χ1v) is 5.68. The van der Waals surface area contributed by atoms with Crippen molar-refractivity contribution < 1.29 is 9.53 Å². The van der Waals surface area contributed by atoms with Gasteiger partial charge in [-0.2, -0.15) is 5.26 Å². The van der Waals surface area contributed by atoms with E-state index >= 15 is 0 Å². The number of hydrazine groups is 1. The molecule has 0 aliphatic carbocycles. The molecule has 0 aliphatic heterocycles. The molecule has 0 unspecified atom stereocenters. The van der Waals surface area contributed by atoms with E-state index in [1.54, 1.807) is 13.0 Å². The minimum atomic E-state index is -0.680. The van der Waals surface area contributed by atoms with Gasteiger partial charge in [0.05, 0.1) is 6.61 Å². The number of anilines is 1. The highest BCUT2D eigenvalue weighted by molar-refractivity contribution is 5.92. The van der Waals surface area contributed by atoms with E-state index in [1.165, 1.54) is 6.20 Å².